The fraction of sp³-hybridized carbons (Fsp3) is 0.629. The zero-order valence-electron chi connectivity index (χ0n) is 89.5. The molecule has 0 unspecified atom stereocenters. The van der Waals surface area contributed by atoms with Crippen molar-refractivity contribution in [1.82, 2.24) is 34.3 Å². The predicted molar refractivity (Wildman–Crippen MR) is 575 cm³/mol. The lowest BCUT2D eigenvalue weighted by atomic mass is 9.87. The van der Waals surface area contributed by atoms with Crippen LogP contribution in [0.1, 0.15) is 219 Å². The zero-order chi connectivity index (χ0) is 97.6. The van der Waals surface area contributed by atoms with E-state index < -0.39 is 0 Å². The molecule has 18 nitrogen and oxygen atoms in total. The quantitative estimate of drug-likeness (QED) is 0.103. The molecule has 16 rings (SSSR count). The number of nitrogens with zero attached hydrogens (tertiary/aromatic N) is 14. The minimum atomic E-state index is 0.183. The summed E-state index contributed by atoms with van der Waals surface area (Å²) < 4.78 is 15.8. The Hall–Kier alpha value is -7.75. The van der Waals surface area contributed by atoms with E-state index in [4.69, 9.17) is 14.2 Å². The summed E-state index contributed by atoms with van der Waals surface area (Å²) in [5.74, 6) is 0.183. The van der Waals surface area contributed by atoms with Gasteiger partial charge in [-0.25, -0.2) is 0 Å². The maximum absolute atomic E-state index is 11.3. The van der Waals surface area contributed by atoms with Gasteiger partial charge in [-0.3, -0.25) is 24.4 Å². The van der Waals surface area contributed by atoms with E-state index in [2.05, 4.69) is 414 Å². The minimum Gasteiger partial charge on any atom is -0.383 e. The predicted octanol–water partition coefficient (Wildman–Crippen LogP) is 20.2. The summed E-state index contributed by atoms with van der Waals surface area (Å²) in [6.45, 7) is 96.0. The minimum absolute atomic E-state index is 0.183. The first-order valence-corrected chi connectivity index (χ1v) is 51.4. The van der Waals surface area contributed by atoms with E-state index in [1.807, 2.05) is 4.90 Å². The number of anilines is 7. The Kier molecular flexibility index (Phi) is 39.4. The molecule has 7 aromatic rings. The van der Waals surface area contributed by atoms with Crippen molar-refractivity contribution in [3.8, 4) is 0 Å². The van der Waals surface area contributed by atoms with Crippen LogP contribution in [0.25, 0.3) is 0 Å². The van der Waals surface area contributed by atoms with Crippen molar-refractivity contribution in [3.05, 3.63) is 209 Å². The highest BCUT2D eigenvalue weighted by atomic mass is 16.5. The average molecular weight is 1840 g/mol. The van der Waals surface area contributed by atoms with Gasteiger partial charge in [-0.2, -0.15) is 0 Å². The van der Waals surface area contributed by atoms with Crippen LogP contribution in [-0.2, 0) is 56.9 Å². The molecular formula is C116H184N14O4. The van der Waals surface area contributed by atoms with Crippen molar-refractivity contribution < 1.29 is 19.0 Å². The number of amides is 1. The molecule has 18 heteroatoms. The van der Waals surface area contributed by atoms with Crippen LogP contribution >= 0.6 is 0 Å². The Morgan fingerprint density at radius 3 is 0.791 bits per heavy atom. The van der Waals surface area contributed by atoms with Gasteiger partial charge in [-0.05, 0) is 196 Å². The van der Waals surface area contributed by atoms with Gasteiger partial charge in [0.25, 0.3) is 0 Å². The van der Waals surface area contributed by atoms with Gasteiger partial charge in [0.2, 0.25) is 5.91 Å². The van der Waals surface area contributed by atoms with Crippen molar-refractivity contribution >= 4 is 45.7 Å². The van der Waals surface area contributed by atoms with Crippen LogP contribution in [0.5, 0.6) is 0 Å². The van der Waals surface area contributed by atoms with Crippen LogP contribution in [0.2, 0.25) is 0 Å². The number of benzene rings is 7. The summed E-state index contributed by atoms with van der Waals surface area (Å²) in [6, 6.07) is 64.8. The third-order valence-electron chi connectivity index (χ3n) is 29.1. The first-order valence-electron chi connectivity index (χ1n) is 51.4. The Labute approximate surface area is 816 Å². The van der Waals surface area contributed by atoms with Crippen LogP contribution in [0.4, 0.5) is 39.8 Å². The van der Waals surface area contributed by atoms with E-state index in [0.29, 0.717) is 17.6 Å². The van der Waals surface area contributed by atoms with E-state index in [1.54, 1.807) is 14.0 Å². The monoisotopic (exact) mass is 1840 g/mol. The molecular weight excluding hydrogens is 1650 g/mol. The topological polar surface area (TPSA) is 90.1 Å². The molecule has 9 aliphatic rings. The summed E-state index contributed by atoms with van der Waals surface area (Å²) in [5.41, 5.74) is 21.2. The van der Waals surface area contributed by atoms with Gasteiger partial charge >= 0.3 is 0 Å². The van der Waals surface area contributed by atoms with Crippen molar-refractivity contribution in [2.75, 3.05) is 278 Å². The Morgan fingerprint density at radius 1 is 0.336 bits per heavy atom. The van der Waals surface area contributed by atoms with Crippen LogP contribution in [-0.4, -0.2) is 301 Å². The molecule has 742 valence electrons. The summed E-state index contributed by atoms with van der Waals surface area (Å²) in [4.78, 5) is 45.6. The highest BCUT2D eigenvalue weighted by Crippen LogP contribution is 2.35. The number of piperazine rings is 7. The molecule has 0 N–H and O–H groups in total. The number of carbonyl (C=O) groups excluding carboxylic acids is 1. The molecule has 9 aliphatic heterocycles. The van der Waals surface area contributed by atoms with Crippen LogP contribution in [0.15, 0.2) is 170 Å². The van der Waals surface area contributed by atoms with Gasteiger partial charge in [0, 0.05) is 250 Å². The van der Waals surface area contributed by atoms with Crippen LogP contribution in [0.3, 0.4) is 0 Å². The first-order chi connectivity index (χ1) is 63.1. The fourth-order valence-electron chi connectivity index (χ4n) is 18.7. The molecule has 0 atom stereocenters. The number of hydrogen-bond acceptors (Lipinski definition) is 17. The van der Waals surface area contributed by atoms with Gasteiger partial charge < -0.3 is 63.2 Å². The lowest BCUT2D eigenvalue weighted by Gasteiger charge is -2.50. The summed E-state index contributed by atoms with van der Waals surface area (Å²) in [5, 5.41) is 0. The van der Waals surface area contributed by atoms with Gasteiger partial charge in [-0.1, -0.05) is 237 Å². The Morgan fingerprint density at radius 2 is 0.575 bits per heavy atom. The Bertz CT molecular complexity index is 4510. The summed E-state index contributed by atoms with van der Waals surface area (Å²) in [7, 11) is 3.97. The highest BCUT2D eigenvalue weighted by Gasteiger charge is 2.41. The van der Waals surface area contributed by atoms with E-state index in [1.165, 1.54) is 125 Å². The van der Waals surface area contributed by atoms with Crippen molar-refractivity contribution in [2.24, 2.45) is 0 Å². The van der Waals surface area contributed by atoms with Crippen LogP contribution in [0, 0.1) is 0 Å². The number of rotatable bonds is 14. The van der Waals surface area contributed by atoms with Crippen molar-refractivity contribution in [2.45, 2.75) is 236 Å². The number of hydrogen-bond donors (Lipinski definition) is 0. The molecule has 9 fully saturated rings. The second-order valence-electron chi connectivity index (χ2n) is 46.9. The van der Waals surface area contributed by atoms with Crippen LogP contribution < -0.4 is 34.3 Å². The number of ether oxygens (including phenoxy) is 3. The second kappa shape index (κ2) is 48.7. The molecule has 1 amide bonds. The fourth-order valence-corrected chi connectivity index (χ4v) is 18.7. The lowest BCUT2D eigenvalue weighted by molar-refractivity contribution is -0.131. The smallest absolute Gasteiger partial charge is 0.219 e. The number of likely N-dealkylation sites (N-methyl/N-ethyl adjacent to an activating group) is 2. The van der Waals surface area contributed by atoms with E-state index in [9.17, 15) is 4.79 Å². The maximum atomic E-state index is 11.3. The molecule has 0 saturated carbocycles. The Balaban J connectivity index is 0.000000162. The molecule has 0 radical (unpaired) electrons. The zero-order valence-corrected chi connectivity index (χ0v) is 89.5. The number of methoxy groups -OCH3 is 1. The second-order valence-corrected chi connectivity index (χ2v) is 46.9. The third-order valence-corrected chi connectivity index (χ3v) is 29.1. The molecule has 134 heavy (non-hydrogen) atoms. The summed E-state index contributed by atoms with van der Waals surface area (Å²) >= 11 is 0. The first kappa shape index (κ1) is 108. The van der Waals surface area contributed by atoms with Crippen molar-refractivity contribution in [1.29, 1.82) is 0 Å². The molecule has 0 bridgehead atoms. The average Bonchev–Trinajstić information content (AvgIpc) is 0.787. The third kappa shape index (κ3) is 32.7. The number of carbonyl (C=O) groups is 1. The maximum Gasteiger partial charge on any atom is 0.219 e. The lowest BCUT2D eigenvalue weighted by Crippen LogP contribution is -2.64. The molecule has 9 saturated heterocycles. The van der Waals surface area contributed by atoms with E-state index in [-0.39, 0.29) is 43.8 Å². The van der Waals surface area contributed by atoms with Gasteiger partial charge in [-0.15, -0.1) is 0 Å². The van der Waals surface area contributed by atoms with Crippen molar-refractivity contribution in [3.63, 3.8) is 0 Å². The summed E-state index contributed by atoms with van der Waals surface area (Å²) in [6.07, 6.45) is 0. The van der Waals surface area contributed by atoms with Gasteiger partial charge in [0.05, 0.1) is 44.6 Å². The SMILES string of the molecule is CC(=O)N1CCN(c2ccc(C(C)(C)C)cc2)CC1.CC(C)(C)c1ccc(N2CCN(C3(C)COC3)CC2)cc1.CC(C)(C)c1ccc(N2CCN(C3COC3)CC2)cc1.CC(C)N1CCN(c2ccc(C(C)(C)C)cc2)CC1.CCN1CCN(c2ccc(C(C)(C)C)cc2)CC1.CN1CCN(c2ccc(C(C)(C)C)cc2)CC1.COCCN1CCN(c2ccc(C(C)(C)C)cc2)CC1. The van der Waals surface area contributed by atoms with Gasteiger partial charge in [0.1, 0.15) is 0 Å². The highest BCUT2D eigenvalue weighted by molar-refractivity contribution is 5.73. The molecule has 0 aromatic heterocycles. The molecule has 7 aromatic carbocycles. The molecule has 0 aliphatic carbocycles. The van der Waals surface area contributed by atoms with E-state index >= 15 is 0 Å². The van der Waals surface area contributed by atoms with E-state index in [0.717, 1.165) is 184 Å². The standard InChI is InChI=1S/C18H28N2O.C17H26N2O.C17H28N2O.C17H28N2.C16H24N2O.C16H26N2.C15H24N2/c1-17(2,3)15-5-7-16(8-6-15)19-9-11-20(12-10-19)18(4)13-21-14-18;1-17(2,3)14-4-6-15(7-5-14)18-8-10-19(11-9-18)16-12-20-13-16;1-17(2,3)15-5-7-16(8-6-15)19-11-9-18(10-12-19)13-14-20-4;1-14(2)18-10-12-19(13-11-18)16-8-6-15(7-9-16)17(3,4)5;1-13(19)17-9-11-18(12-10-17)15-7-5-14(6-8-15)16(2,3)4;1-5-17-10-12-18(13-11-17)15-8-6-14(7-9-15)16(2,3)4;1-15(2,3)13-5-7-14(8-6-13)17-11-9-16(4)10-12-17/h5-8H,9-14H2,1-4H3;4-7,16H,8-13H2,1-3H3;5-8H,9-14H2,1-4H3;6-9,14H,10-13H2,1-5H3;5-8H,9-12H2,1-4H3;6-9H,5,10-13H2,1-4H3;5-8H,9-12H2,1-4H3. The molecule has 9 heterocycles. The normalized spacial score (nSPS) is 19.2. The largest absolute Gasteiger partial charge is 0.383 e. The van der Waals surface area contributed by atoms with Gasteiger partial charge in [0.15, 0.2) is 0 Å². The molecule has 0 spiro atoms.